The van der Waals surface area contributed by atoms with E-state index in [0.717, 1.165) is 31.9 Å². The number of nitrogens with one attached hydrogen (secondary N) is 1. The Morgan fingerprint density at radius 3 is 2.38 bits per heavy atom. The van der Waals surface area contributed by atoms with E-state index in [1.54, 1.807) is 0 Å². The van der Waals surface area contributed by atoms with Gasteiger partial charge < -0.3 is 14.5 Å². The molecular weight excluding hydrogens is 264 g/mol. The van der Waals surface area contributed by atoms with Gasteiger partial charge in [0.05, 0.1) is 24.0 Å². The van der Waals surface area contributed by atoms with Gasteiger partial charge in [-0.05, 0) is 33.8 Å². The van der Waals surface area contributed by atoms with Crippen molar-refractivity contribution in [2.24, 2.45) is 0 Å². The highest BCUT2D eigenvalue weighted by Crippen LogP contribution is 2.29. The monoisotopic (exact) mass is 294 g/mol. The molecule has 1 fully saturated rings. The summed E-state index contributed by atoms with van der Waals surface area (Å²) in [7, 11) is 0. The van der Waals surface area contributed by atoms with E-state index in [4.69, 9.17) is 9.15 Å². The number of rotatable bonds is 5. The number of morpholine rings is 1. The third-order valence-corrected chi connectivity index (χ3v) is 3.56. The first kappa shape index (κ1) is 16.5. The first-order valence-corrected chi connectivity index (χ1v) is 7.87. The molecule has 1 aromatic heterocycles. The van der Waals surface area contributed by atoms with E-state index in [9.17, 15) is 0 Å². The molecule has 2 rings (SSSR count). The molecule has 1 aliphatic rings. The van der Waals surface area contributed by atoms with Gasteiger partial charge in [0, 0.05) is 31.2 Å². The van der Waals surface area contributed by atoms with Gasteiger partial charge in [0.2, 0.25) is 0 Å². The molecule has 0 aromatic carbocycles. The fraction of sp³-hybridized carbons (Fsp3) is 0.765. The first-order valence-electron chi connectivity index (χ1n) is 7.87. The van der Waals surface area contributed by atoms with Crippen LogP contribution in [0.3, 0.4) is 0 Å². The van der Waals surface area contributed by atoms with Crippen molar-refractivity contribution in [3.63, 3.8) is 0 Å². The molecule has 4 nitrogen and oxygen atoms in total. The molecule has 4 heteroatoms. The standard InChI is InChI=1S/C17H30N2O2/c1-13(2)18-8-14-7-15(20-10-14)9-19-11-16(3,4)21-17(5,6)12-19/h7,10,13,18H,8-9,11-12H2,1-6H3. The van der Waals surface area contributed by atoms with Crippen LogP contribution in [0.2, 0.25) is 0 Å². The van der Waals surface area contributed by atoms with Crippen molar-refractivity contribution in [1.29, 1.82) is 0 Å². The van der Waals surface area contributed by atoms with E-state index in [1.807, 2.05) is 6.26 Å². The van der Waals surface area contributed by atoms with Crippen LogP contribution in [0.5, 0.6) is 0 Å². The zero-order valence-corrected chi connectivity index (χ0v) is 14.3. The minimum Gasteiger partial charge on any atom is -0.468 e. The lowest BCUT2D eigenvalue weighted by Crippen LogP contribution is -2.56. The van der Waals surface area contributed by atoms with Crippen LogP contribution in [-0.2, 0) is 17.8 Å². The molecule has 0 atom stereocenters. The number of furan rings is 1. The van der Waals surface area contributed by atoms with E-state index in [-0.39, 0.29) is 11.2 Å². The quantitative estimate of drug-likeness (QED) is 0.905. The van der Waals surface area contributed by atoms with Crippen molar-refractivity contribution < 1.29 is 9.15 Å². The number of hydrogen-bond acceptors (Lipinski definition) is 4. The SMILES string of the molecule is CC(C)NCc1coc(CN2CC(C)(C)OC(C)(C)C2)c1. The minimum absolute atomic E-state index is 0.115. The highest BCUT2D eigenvalue weighted by atomic mass is 16.5. The number of ether oxygens (including phenoxy) is 1. The number of nitrogens with zero attached hydrogens (tertiary/aromatic N) is 1. The molecule has 2 heterocycles. The van der Waals surface area contributed by atoms with Crippen LogP contribution in [0.4, 0.5) is 0 Å². The zero-order valence-electron chi connectivity index (χ0n) is 14.3. The lowest BCUT2D eigenvalue weighted by molar-refractivity contribution is -0.182. The predicted molar refractivity (Wildman–Crippen MR) is 85.2 cm³/mol. The zero-order chi connectivity index (χ0) is 15.7. The van der Waals surface area contributed by atoms with E-state index < -0.39 is 0 Å². The molecule has 0 spiro atoms. The Balaban J connectivity index is 1.95. The maximum atomic E-state index is 6.12. The maximum Gasteiger partial charge on any atom is 0.118 e. The van der Waals surface area contributed by atoms with E-state index in [0.29, 0.717) is 6.04 Å². The molecule has 1 aliphatic heterocycles. The largest absolute Gasteiger partial charge is 0.468 e. The molecule has 0 bridgehead atoms. The second kappa shape index (κ2) is 6.11. The van der Waals surface area contributed by atoms with E-state index in [1.165, 1.54) is 5.56 Å². The Hall–Kier alpha value is -0.840. The summed E-state index contributed by atoms with van der Waals surface area (Å²) in [4.78, 5) is 2.42. The summed E-state index contributed by atoms with van der Waals surface area (Å²) in [5, 5.41) is 3.41. The molecule has 0 aliphatic carbocycles. The van der Waals surface area contributed by atoms with Gasteiger partial charge >= 0.3 is 0 Å². The van der Waals surface area contributed by atoms with Crippen molar-refractivity contribution in [3.05, 3.63) is 23.7 Å². The number of hydrogen-bond donors (Lipinski definition) is 1. The Labute approximate surface area is 128 Å². The van der Waals surface area contributed by atoms with Crippen LogP contribution in [0.15, 0.2) is 16.7 Å². The third-order valence-electron chi connectivity index (χ3n) is 3.56. The van der Waals surface area contributed by atoms with Crippen LogP contribution in [0.1, 0.15) is 52.9 Å². The van der Waals surface area contributed by atoms with Gasteiger partial charge in [-0.1, -0.05) is 13.8 Å². The van der Waals surface area contributed by atoms with Crippen LogP contribution in [-0.4, -0.2) is 35.2 Å². The Kier molecular flexibility index (Phi) is 4.81. The van der Waals surface area contributed by atoms with Gasteiger partial charge in [-0.3, -0.25) is 4.90 Å². The summed E-state index contributed by atoms with van der Waals surface area (Å²) < 4.78 is 11.8. The average molecular weight is 294 g/mol. The Morgan fingerprint density at radius 2 is 1.81 bits per heavy atom. The molecular formula is C17H30N2O2. The van der Waals surface area contributed by atoms with Gasteiger partial charge in [-0.25, -0.2) is 0 Å². The fourth-order valence-corrected chi connectivity index (χ4v) is 3.20. The molecule has 120 valence electrons. The molecule has 1 saturated heterocycles. The molecule has 0 unspecified atom stereocenters. The lowest BCUT2D eigenvalue weighted by atomic mass is 9.99. The second-order valence-corrected chi connectivity index (χ2v) is 7.72. The summed E-state index contributed by atoms with van der Waals surface area (Å²) in [6, 6.07) is 2.65. The van der Waals surface area contributed by atoms with Crippen LogP contribution in [0, 0.1) is 0 Å². The summed E-state index contributed by atoms with van der Waals surface area (Å²) in [6.45, 7) is 16.5. The molecule has 21 heavy (non-hydrogen) atoms. The average Bonchev–Trinajstić information content (AvgIpc) is 2.69. The highest BCUT2D eigenvalue weighted by molar-refractivity contribution is 5.13. The fourth-order valence-electron chi connectivity index (χ4n) is 3.20. The van der Waals surface area contributed by atoms with Crippen molar-refractivity contribution in [1.82, 2.24) is 10.2 Å². The molecule has 0 amide bonds. The topological polar surface area (TPSA) is 37.6 Å². The predicted octanol–water partition coefficient (Wildman–Crippen LogP) is 3.17. The van der Waals surface area contributed by atoms with Gasteiger partial charge in [-0.2, -0.15) is 0 Å². The third kappa shape index (κ3) is 5.13. The summed E-state index contributed by atoms with van der Waals surface area (Å²) in [5.74, 6) is 1.03. The molecule has 1 N–H and O–H groups in total. The second-order valence-electron chi connectivity index (χ2n) is 7.72. The maximum absolute atomic E-state index is 6.12. The van der Waals surface area contributed by atoms with Crippen LogP contribution in [0.25, 0.3) is 0 Å². The van der Waals surface area contributed by atoms with E-state index in [2.05, 4.69) is 57.8 Å². The van der Waals surface area contributed by atoms with Crippen LogP contribution < -0.4 is 5.32 Å². The van der Waals surface area contributed by atoms with E-state index >= 15 is 0 Å². The summed E-state index contributed by atoms with van der Waals surface area (Å²) in [6.07, 6.45) is 1.86. The molecule has 0 radical (unpaired) electrons. The minimum atomic E-state index is -0.115. The van der Waals surface area contributed by atoms with Crippen molar-refractivity contribution in [3.8, 4) is 0 Å². The summed E-state index contributed by atoms with van der Waals surface area (Å²) >= 11 is 0. The Morgan fingerprint density at radius 1 is 1.19 bits per heavy atom. The normalized spacial score (nSPS) is 21.9. The van der Waals surface area contributed by atoms with Crippen molar-refractivity contribution >= 4 is 0 Å². The van der Waals surface area contributed by atoms with Gasteiger partial charge in [0.1, 0.15) is 5.76 Å². The Bertz CT molecular complexity index is 447. The van der Waals surface area contributed by atoms with Crippen molar-refractivity contribution in [2.45, 2.75) is 71.9 Å². The smallest absolute Gasteiger partial charge is 0.118 e. The lowest BCUT2D eigenvalue weighted by Gasteiger charge is -2.47. The van der Waals surface area contributed by atoms with Crippen LogP contribution >= 0.6 is 0 Å². The molecule has 0 saturated carbocycles. The first-order chi connectivity index (χ1) is 9.65. The van der Waals surface area contributed by atoms with Crippen molar-refractivity contribution in [2.75, 3.05) is 13.1 Å². The summed E-state index contributed by atoms with van der Waals surface area (Å²) in [5.41, 5.74) is 0.984. The molecule has 1 aromatic rings. The van der Waals surface area contributed by atoms with Gasteiger partial charge in [0.15, 0.2) is 0 Å². The highest BCUT2D eigenvalue weighted by Gasteiger charge is 2.38. The van der Waals surface area contributed by atoms with Gasteiger partial charge in [0.25, 0.3) is 0 Å². The van der Waals surface area contributed by atoms with Gasteiger partial charge in [-0.15, -0.1) is 0 Å².